The number of ether oxygens (including phenoxy) is 3. The zero-order valence-corrected chi connectivity index (χ0v) is 12.9. The Kier molecular flexibility index (Phi) is 4.80. The summed E-state index contributed by atoms with van der Waals surface area (Å²) in [6.45, 7) is 0. The first-order valence-electron chi connectivity index (χ1n) is 6.61. The second-order valence-corrected chi connectivity index (χ2v) is 4.51. The molecule has 0 radical (unpaired) electrons. The molecule has 0 heterocycles. The third-order valence-electron chi connectivity index (χ3n) is 3.30. The molecular formula is C16H15NO6. The smallest absolute Gasteiger partial charge is 0.352 e. The van der Waals surface area contributed by atoms with Gasteiger partial charge in [0.15, 0.2) is 5.75 Å². The summed E-state index contributed by atoms with van der Waals surface area (Å²) in [4.78, 5) is 22.5. The van der Waals surface area contributed by atoms with Gasteiger partial charge < -0.3 is 14.2 Å². The molecule has 0 bridgehead atoms. The van der Waals surface area contributed by atoms with Crippen LogP contribution in [0.4, 0.5) is 5.69 Å². The van der Waals surface area contributed by atoms with Gasteiger partial charge in [0.25, 0.3) is 0 Å². The van der Waals surface area contributed by atoms with Crippen molar-refractivity contribution in [1.82, 2.24) is 0 Å². The van der Waals surface area contributed by atoms with Crippen LogP contribution in [-0.2, 0) is 0 Å². The zero-order chi connectivity index (χ0) is 17.0. The van der Waals surface area contributed by atoms with E-state index in [4.69, 9.17) is 14.2 Å². The van der Waals surface area contributed by atoms with E-state index in [-0.39, 0.29) is 28.4 Å². The molecule has 0 unspecified atom stereocenters. The summed E-state index contributed by atoms with van der Waals surface area (Å²) >= 11 is 0. The maximum Gasteiger partial charge on any atom is 0.352 e. The van der Waals surface area contributed by atoms with Crippen LogP contribution in [0.25, 0.3) is 11.1 Å². The maximum atomic E-state index is 11.8. The van der Waals surface area contributed by atoms with Gasteiger partial charge >= 0.3 is 5.69 Å². The molecule has 0 fully saturated rings. The summed E-state index contributed by atoms with van der Waals surface area (Å²) < 4.78 is 15.2. The fourth-order valence-electron chi connectivity index (χ4n) is 2.22. The van der Waals surface area contributed by atoms with Crippen LogP contribution in [-0.4, -0.2) is 26.3 Å². The molecular weight excluding hydrogens is 302 g/mol. The van der Waals surface area contributed by atoms with Crippen LogP contribution >= 0.6 is 0 Å². The summed E-state index contributed by atoms with van der Waals surface area (Å²) in [6, 6.07) is 9.15. The van der Waals surface area contributed by atoms with Gasteiger partial charge in [0, 0.05) is 5.56 Å². The first-order valence-corrected chi connectivity index (χ1v) is 6.61. The quantitative estimate of drug-likeness (QED) is 0.622. The van der Waals surface area contributed by atoms with Crippen LogP contribution < -0.4 is 19.6 Å². The average molecular weight is 317 g/mol. The minimum absolute atomic E-state index is 0.0620. The van der Waals surface area contributed by atoms with Gasteiger partial charge in [-0.25, -0.2) is 0 Å². The van der Waals surface area contributed by atoms with Crippen molar-refractivity contribution in [3.63, 3.8) is 0 Å². The number of rotatable bonds is 5. The lowest BCUT2D eigenvalue weighted by Crippen LogP contribution is -1.99. The molecule has 0 atom stereocenters. The summed E-state index contributed by atoms with van der Waals surface area (Å²) in [5.74, 6) is 0.336. The highest BCUT2D eigenvalue weighted by molar-refractivity contribution is 5.78. The molecule has 0 aliphatic rings. The van der Waals surface area contributed by atoms with E-state index in [0.29, 0.717) is 11.1 Å². The summed E-state index contributed by atoms with van der Waals surface area (Å²) in [5, 5.41) is 11.3. The lowest BCUT2D eigenvalue weighted by Gasteiger charge is -2.11. The Bertz CT molecular complexity index is 803. The van der Waals surface area contributed by atoms with Crippen molar-refractivity contribution in [3.8, 4) is 28.4 Å². The molecule has 0 aliphatic carbocycles. The normalized spacial score (nSPS) is 10.0. The highest BCUT2D eigenvalue weighted by Crippen LogP contribution is 2.43. The Morgan fingerprint density at radius 3 is 2.04 bits per heavy atom. The van der Waals surface area contributed by atoms with Crippen molar-refractivity contribution in [2.45, 2.75) is 0 Å². The molecule has 2 rings (SSSR count). The maximum absolute atomic E-state index is 11.8. The van der Waals surface area contributed by atoms with Gasteiger partial charge in [0.2, 0.25) is 16.9 Å². The van der Waals surface area contributed by atoms with Gasteiger partial charge in [-0.2, -0.15) is 0 Å². The monoisotopic (exact) mass is 317 g/mol. The Labute approximate surface area is 132 Å². The molecule has 0 saturated heterocycles. The molecule has 0 aliphatic heterocycles. The summed E-state index contributed by atoms with van der Waals surface area (Å²) in [5.41, 5.74) is 0.486. The third-order valence-corrected chi connectivity index (χ3v) is 3.30. The topological polar surface area (TPSA) is 87.9 Å². The van der Waals surface area contributed by atoms with Crippen molar-refractivity contribution >= 4 is 5.69 Å². The highest BCUT2D eigenvalue weighted by atomic mass is 16.6. The molecule has 2 aromatic rings. The van der Waals surface area contributed by atoms with E-state index in [2.05, 4.69) is 0 Å². The van der Waals surface area contributed by atoms with Crippen molar-refractivity contribution in [2.75, 3.05) is 21.3 Å². The van der Waals surface area contributed by atoms with Crippen LogP contribution in [0.2, 0.25) is 0 Å². The van der Waals surface area contributed by atoms with Gasteiger partial charge in [-0.3, -0.25) is 14.9 Å². The molecule has 0 aromatic heterocycles. The first-order chi connectivity index (χ1) is 11.0. The minimum atomic E-state index is -0.566. The Morgan fingerprint density at radius 1 is 0.870 bits per heavy atom. The van der Waals surface area contributed by atoms with E-state index in [1.165, 1.54) is 39.5 Å². The molecule has 23 heavy (non-hydrogen) atoms. The molecule has 0 spiro atoms. The number of hydrogen-bond donors (Lipinski definition) is 0. The molecule has 7 heteroatoms. The average Bonchev–Trinajstić information content (AvgIpc) is 2.74. The van der Waals surface area contributed by atoms with E-state index in [9.17, 15) is 14.9 Å². The number of hydrogen-bond acceptors (Lipinski definition) is 6. The van der Waals surface area contributed by atoms with Crippen molar-refractivity contribution in [2.24, 2.45) is 0 Å². The van der Waals surface area contributed by atoms with Crippen LogP contribution in [0.5, 0.6) is 17.2 Å². The van der Waals surface area contributed by atoms with Crippen molar-refractivity contribution in [1.29, 1.82) is 0 Å². The Hall–Kier alpha value is -3.09. The summed E-state index contributed by atoms with van der Waals surface area (Å²) in [7, 11) is 4.08. The largest absolute Gasteiger partial charge is 0.493 e. The van der Waals surface area contributed by atoms with E-state index in [0.717, 1.165) is 0 Å². The fraction of sp³-hybridized carbons (Fsp3) is 0.188. The van der Waals surface area contributed by atoms with E-state index < -0.39 is 4.92 Å². The van der Waals surface area contributed by atoms with Gasteiger partial charge in [0.1, 0.15) is 0 Å². The first kappa shape index (κ1) is 16.3. The fourth-order valence-corrected chi connectivity index (χ4v) is 2.22. The molecule has 7 nitrogen and oxygen atoms in total. The van der Waals surface area contributed by atoms with E-state index >= 15 is 0 Å². The van der Waals surface area contributed by atoms with Crippen LogP contribution in [0.1, 0.15) is 0 Å². The molecule has 2 aromatic carbocycles. The molecule has 0 N–H and O–H groups in total. The predicted molar refractivity (Wildman–Crippen MR) is 84.5 cm³/mol. The van der Waals surface area contributed by atoms with Gasteiger partial charge in [-0.15, -0.1) is 0 Å². The SMILES string of the molecule is COc1ccc(-c2ccc(OC)c(=O)cc2)c(OC)c1[N+](=O)[O-]. The molecule has 120 valence electrons. The zero-order valence-electron chi connectivity index (χ0n) is 12.9. The van der Waals surface area contributed by atoms with Gasteiger partial charge in [0.05, 0.1) is 26.3 Å². The van der Waals surface area contributed by atoms with Crippen molar-refractivity contribution < 1.29 is 19.1 Å². The van der Waals surface area contributed by atoms with Gasteiger partial charge in [-0.1, -0.05) is 12.1 Å². The van der Waals surface area contributed by atoms with E-state index in [1.54, 1.807) is 18.2 Å². The van der Waals surface area contributed by atoms with E-state index in [1.807, 2.05) is 0 Å². The second kappa shape index (κ2) is 6.78. The number of nitro groups is 1. The number of methoxy groups -OCH3 is 3. The number of nitrogens with zero attached hydrogens (tertiary/aromatic N) is 1. The molecule has 0 saturated carbocycles. The van der Waals surface area contributed by atoms with Crippen LogP contribution in [0.15, 0.2) is 41.2 Å². The lowest BCUT2D eigenvalue weighted by molar-refractivity contribution is -0.386. The van der Waals surface area contributed by atoms with Crippen molar-refractivity contribution in [3.05, 3.63) is 56.7 Å². The second-order valence-electron chi connectivity index (χ2n) is 4.51. The van der Waals surface area contributed by atoms with Gasteiger partial charge in [-0.05, 0) is 29.8 Å². The summed E-state index contributed by atoms with van der Waals surface area (Å²) in [6.07, 6.45) is 0. The minimum Gasteiger partial charge on any atom is -0.493 e. The van der Waals surface area contributed by atoms with Crippen LogP contribution in [0.3, 0.4) is 0 Å². The third kappa shape index (κ3) is 3.08. The Balaban J connectivity index is 2.74. The number of benzene rings is 1. The predicted octanol–water partition coefficient (Wildman–Crippen LogP) is 2.65. The Morgan fingerprint density at radius 2 is 1.48 bits per heavy atom. The molecule has 0 amide bonds. The highest BCUT2D eigenvalue weighted by Gasteiger charge is 2.25. The lowest BCUT2D eigenvalue weighted by atomic mass is 10.0. The number of nitro benzene ring substituents is 1. The van der Waals surface area contributed by atoms with Crippen LogP contribution in [0, 0.1) is 10.1 Å². The standard InChI is InChI=1S/C16H15NO6/c1-21-13-8-5-10(4-7-12(13)18)11-6-9-14(22-2)15(17(19)20)16(11)23-3/h4-9H,1-3H3.